The lowest BCUT2D eigenvalue weighted by Gasteiger charge is -2.22. The van der Waals surface area contributed by atoms with Crippen LogP contribution in [-0.4, -0.2) is 15.3 Å². The summed E-state index contributed by atoms with van der Waals surface area (Å²) in [4.78, 5) is -3.64. The van der Waals surface area contributed by atoms with Gasteiger partial charge in [-0.05, 0) is 22.9 Å². The van der Waals surface area contributed by atoms with Gasteiger partial charge >= 0.3 is 8.69 Å². The second-order valence-electron chi connectivity index (χ2n) is 1.45. The lowest BCUT2D eigenvalue weighted by atomic mass is 10.7. The molecule has 1 unspecified atom stereocenters. The van der Waals surface area contributed by atoms with Gasteiger partial charge in [-0.3, -0.25) is 0 Å². The summed E-state index contributed by atoms with van der Waals surface area (Å²) < 4.78 is 37.9. The first-order valence-electron chi connectivity index (χ1n) is 2.39. The van der Waals surface area contributed by atoms with Crippen LogP contribution in [0.5, 0.6) is 0 Å². The van der Waals surface area contributed by atoms with Gasteiger partial charge in [-0.25, -0.2) is 0 Å². The first kappa shape index (κ1) is 11.0. The molecule has 0 aliphatic heterocycles. The van der Waals surface area contributed by atoms with Gasteiger partial charge in [-0.2, -0.15) is 13.2 Å². The number of hydrogen-bond donors (Lipinski definition) is 0. The largest absolute Gasteiger partial charge is 0.368 e. The first-order valence-corrected chi connectivity index (χ1v) is 4.27. The first-order chi connectivity index (χ1) is 4.31. The van der Waals surface area contributed by atoms with Gasteiger partial charge in [0, 0.05) is 29.2 Å². The van der Waals surface area contributed by atoms with Crippen LogP contribution in [-0.2, 0) is 4.74 Å². The molecule has 0 radical (unpaired) electrons. The monoisotopic (exact) mass is 332 g/mol. The van der Waals surface area contributed by atoms with Crippen LogP contribution >= 0.6 is 38.5 Å². The maximum Gasteiger partial charge on any atom is 0.368 e. The average molecular weight is 333 g/mol. The molecule has 0 spiro atoms. The van der Waals surface area contributed by atoms with Gasteiger partial charge in [0.25, 0.3) is 0 Å². The minimum absolute atomic E-state index is 0.0966. The predicted molar refractivity (Wildman–Crippen MR) is 43.4 cm³/mol. The highest BCUT2D eigenvalue weighted by Gasteiger charge is 2.52. The molecule has 0 saturated carbocycles. The van der Waals surface area contributed by atoms with E-state index in [1.54, 1.807) is 0 Å². The van der Waals surface area contributed by atoms with E-state index in [-0.39, 0.29) is 6.61 Å². The summed E-state index contributed by atoms with van der Waals surface area (Å²) >= 11 is 2.76. The number of alkyl halides is 5. The summed E-state index contributed by atoms with van der Waals surface area (Å²) in [5.41, 5.74) is 0. The van der Waals surface area contributed by atoms with Crippen molar-refractivity contribution in [2.24, 2.45) is 0 Å². The second-order valence-corrected chi connectivity index (χ2v) is 3.83. The Kier molecular flexibility index (Phi) is 3.92. The van der Waals surface area contributed by atoms with Gasteiger partial charge in [0.1, 0.15) is 0 Å². The molecule has 0 aliphatic carbocycles. The topological polar surface area (TPSA) is 9.23 Å². The fourth-order valence-electron chi connectivity index (χ4n) is 0.263. The summed E-state index contributed by atoms with van der Waals surface area (Å²) in [5.74, 6) is 0. The molecule has 1 atom stereocenters. The van der Waals surface area contributed by atoms with Gasteiger partial charge in [0.05, 0.1) is 0 Å². The Balaban J connectivity index is 4.10. The highest BCUT2D eigenvalue weighted by molar-refractivity contribution is 14.1. The van der Waals surface area contributed by atoms with E-state index >= 15 is 0 Å². The lowest BCUT2D eigenvalue weighted by Crippen LogP contribution is -2.35. The molecule has 10 heavy (non-hydrogen) atoms. The predicted octanol–water partition coefficient (Wildman–Crippen LogP) is 3.07. The molecule has 0 N–H and O–H groups in total. The molecule has 1 nitrogen and oxygen atoms in total. The van der Waals surface area contributed by atoms with E-state index in [0.717, 1.165) is 22.6 Å². The van der Waals surface area contributed by atoms with Crippen LogP contribution in [0.15, 0.2) is 0 Å². The number of ether oxygens (including phenoxy) is 1. The molecule has 0 amide bonds. The molecule has 0 aromatic heterocycles. The summed E-state index contributed by atoms with van der Waals surface area (Å²) in [6, 6.07) is 0. The fraction of sp³-hybridized carbons (Fsp3) is 1.00. The third-order valence-corrected chi connectivity index (χ3v) is 2.90. The second kappa shape index (κ2) is 3.57. The van der Waals surface area contributed by atoms with Crippen molar-refractivity contribution < 1.29 is 17.9 Å². The molecule has 0 rings (SSSR count). The molecule has 0 aliphatic rings. The van der Waals surface area contributed by atoms with Gasteiger partial charge in [-0.1, -0.05) is 0 Å². The normalized spacial score (nSPS) is 18.6. The highest BCUT2D eigenvalue weighted by Crippen LogP contribution is 2.43. The zero-order valence-electron chi connectivity index (χ0n) is 5.01. The van der Waals surface area contributed by atoms with Crippen molar-refractivity contribution in [3.63, 3.8) is 0 Å². The fourth-order valence-corrected chi connectivity index (χ4v) is 0.689. The van der Waals surface area contributed by atoms with Crippen molar-refractivity contribution in [1.29, 1.82) is 0 Å². The summed E-state index contributed by atoms with van der Waals surface area (Å²) in [5, 5.41) is 0. The Morgan fingerprint density at radius 3 is 2.00 bits per heavy atom. The molecule has 0 aromatic carbocycles. The average Bonchev–Trinajstić information content (AvgIpc) is 1.61. The molecule has 0 aromatic rings. The zero-order valence-corrected chi connectivity index (χ0v) is 8.75. The van der Waals surface area contributed by atoms with Crippen molar-refractivity contribution in [3.05, 3.63) is 0 Å². The van der Waals surface area contributed by atoms with Crippen molar-refractivity contribution in [3.8, 4) is 0 Å². The van der Waals surface area contributed by atoms with Crippen molar-refractivity contribution in [2.75, 3.05) is 6.61 Å². The third kappa shape index (κ3) is 2.91. The van der Waals surface area contributed by atoms with E-state index < -0.39 is 8.69 Å². The van der Waals surface area contributed by atoms with Crippen LogP contribution in [0.3, 0.4) is 0 Å². The molecular formula is C4H5BrF3IO. The Morgan fingerprint density at radius 1 is 1.50 bits per heavy atom. The molecule has 0 heterocycles. The van der Waals surface area contributed by atoms with Crippen LogP contribution in [0, 0.1) is 0 Å². The molecule has 0 fully saturated rings. The van der Waals surface area contributed by atoms with Crippen LogP contribution in [0.2, 0.25) is 0 Å². The van der Waals surface area contributed by atoms with E-state index in [9.17, 15) is 13.2 Å². The van der Waals surface area contributed by atoms with E-state index in [2.05, 4.69) is 4.74 Å². The summed E-state index contributed by atoms with van der Waals surface area (Å²) in [7, 11) is 0. The Labute approximate surface area is 78.6 Å². The molecule has 0 bridgehead atoms. The quantitative estimate of drug-likeness (QED) is 0.570. The Hall–Kier alpha value is 0.960. The standard InChI is InChI=1S/C4H5BrF3IO/c1-2-10-4(8,9)3(5,6)7/h2H2,1H3. The van der Waals surface area contributed by atoms with Gasteiger partial charge in [0.2, 0.25) is 0 Å². The van der Waals surface area contributed by atoms with Crippen LogP contribution in [0.4, 0.5) is 13.2 Å². The number of halogens is 5. The van der Waals surface area contributed by atoms with Crippen molar-refractivity contribution in [2.45, 2.75) is 15.6 Å². The molecule has 62 valence electrons. The van der Waals surface area contributed by atoms with E-state index in [1.165, 1.54) is 6.92 Å². The van der Waals surface area contributed by atoms with Crippen molar-refractivity contribution >= 4 is 38.5 Å². The SMILES string of the molecule is CCOC(F)(I)C(F)(F)Br. The van der Waals surface area contributed by atoms with Crippen molar-refractivity contribution in [1.82, 2.24) is 0 Å². The third-order valence-electron chi connectivity index (χ3n) is 0.656. The maximum atomic E-state index is 12.6. The maximum absolute atomic E-state index is 12.6. The lowest BCUT2D eigenvalue weighted by molar-refractivity contribution is -0.154. The van der Waals surface area contributed by atoms with E-state index in [0.29, 0.717) is 0 Å². The Bertz CT molecular complexity index is 114. The summed E-state index contributed by atoms with van der Waals surface area (Å²) in [6.07, 6.45) is 0. The van der Waals surface area contributed by atoms with Crippen LogP contribution < -0.4 is 0 Å². The smallest absolute Gasteiger partial charge is 0.333 e. The summed E-state index contributed by atoms with van der Waals surface area (Å²) in [6.45, 7) is 1.34. The van der Waals surface area contributed by atoms with Gasteiger partial charge < -0.3 is 4.74 Å². The Morgan fingerprint density at radius 2 is 1.90 bits per heavy atom. The zero-order chi connectivity index (χ0) is 8.41. The van der Waals surface area contributed by atoms with Crippen LogP contribution in [0.25, 0.3) is 0 Å². The highest BCUT2D eigenvalue weighted by atomic mass is 127. The minimum atomic E-state index is -3.64. The minimum Gasteiger partial charge on any atom is -0.333 e. The molecule has 0 saturated heterocycles. The molecule has 6 heteroatoms. The molecular weight excluding hydrogens is 328 g/mol. The van der Waals surface area contributed by atoms with E-state index in [4.69, 9.17) is 0 Å². The van der Waals surface area contributed by atoms with Crippen LogP contribution in [0.1, 0.15) is 6.92 Å². The number of rotatable bonds is 3. The van der Waals surface area contributed by atoms with Gasteiger partial charge in [-0.15, -0.1) is 0 Å². The van der Waals surface area contributed by atoms with Gasteiger partial charge in [0.15, 0.2) is 0 Å². The van der Waals surface area contributed by atoms with E-state index in [1.807, 2.05) is 15.9 Å². The number of hydrogen-bond acceptors (Lipinski definition) is 1.